The fourth-order valence-electron chi connectivity index (χ4n) is 3.85. The summed E-state index contributed by atoms with van der Waals surface area (Å²) in [6.45, 7) is 0.541. The summed E-state index contributed by atoms with van der Waals surface area (Å²) in [6, 6.07) is 24.7. The lowest BCUT2D eigenvalue weighted by Crippen LogP contribution is -2.28. The summed E-state index contributed by atoms with van der Waals surface area (Å²) < 4.78 is 1.51. The highest BCUT2D eigenvalue weighted by atomic mass is 35.5. The van der Waals surface area contributed by atoms with Crippen molar-refractivity contribution in [2.75, 3.05) is 12.3 Å². The molecule has 3 aromatic carbocycles. The van der Waals surface area contributed by atoms with Crippen LogP contribution >= 0.6 is 23.4 Å². The molecule has 0 aliphatic carbocycles. The second-order valence-corrected chi connectivity index (χ2v) is 9.16. The molecular weight excluding hydrogens is 468 g/mol. The van der Waals surface area contributed by atoms with Gasteiger partial charge < -0.3 is 10.3 Å². The minimum absolute atomic E-state index is 0.119. The Bertz CT molecular complexity index is 1550. The summed E-state index contributed by atoms with van der Waals surface area (Å²) in [7, 11) is 0. The number of nitrogens with zero attached hydrogens (tertiary/aromatic N) is 2. The topological polar surface area (TPSA) is 79.8 Å². The molecule has 8 heteroatoms. The van der Waals surface area contributed by atoms with E-state index in [1.165, 1.54) is 16.3 Å². The first-order valence-corrected chi connectivity index (χ1v) is 12.2. The lowest BCUT2D eigenvalue weighted by molar-refractivity contribution is -0.118. The van der Waals surface area contributed by atoms with Crippen LogP contribution in [0.5, 0.6) is 0 Å². The predicted octanol–water partition coefficient (Wildman–Crippen LogP) is 4.97. The Kier molecular flexibility index (Phi) is 6.38. The summed E-state index contributed by atoms with van der Waals surface area (Å²) in [5, 5.41) is 4.75. The molecule has 5 aromatic rings. The van der Waals surface area contributed by atoms with Gasteiger partial charge in [-0.05, 0) is 36.2 Å². The van der Waals surface area contributed by atoms with Gasteiger partial charge in [0.25, 0.3) is 5.56 Å². The average Bonchev–Trinajstić information content (AvgIpc) is 3.22. The minimum Gasteiger partial charge on any atom is -0.355 e. The highest BCUT2D eigenvalue weighted by molar-refractivity contribution is 7.99. The molecule has 0 bridgehead atoms. The summed E-state index contributed by atoms with van der Waals surface area (Å²) in [6.07, 6.45) is 0.754. The maximum absolute atomic E-state index is 13.5. The zero-order chi connectivity index (χ0) is 23.5. The number of fused-ring (bicyclic) bond motifs is 3. The third-order valence-corrected chi connectivity index (χ3v) is 6.65. The number of amides is 1. The Labute approximate surface area is 205 Å². The Morgan fingerprint density at radius 2 is 1.82 bits per heavy atom. The van der Waals surface area contributed by atoms with Crippen LogP contribution in [0.25, 0.3) is 27.6 Å². The van der Waals surface area contributed by atoms with Crippen LogP contribution in [0.1, 0.15) is 5.56 Å². The molecule has 1 amide bonds. The van der Waals surface area contributed by atoms with Crippen molar-refractivity contribution in [1.29, 1.82) is 0 Å². The molecule has 0 aliphatic heterocycles. The van der Waals surface area contributed by atoms with E-state index in [0.29, 0.717) is 33.4 Å². The standard InChI is InChI=1S/C26H21ClN4O2S/c27-18-9-6-10-19(15-18)31-25(33)24-23(20-11-4-5-12-21(20)29-24)30-26(31)34-16-22(32)28-14-13-17-7-2-1-3-8-17/h1-12,15,29H,13-14,16H2,(H,28,32). The van der Waals surface area contributed by atoms with Gasteiger partial charge in [0, 0.05) is 22.5 Å². The number of aromatic nitrogens is 3. The molecule has 2 heterocycles. The van der Waals surface area contributed by atoms with Gasteiger partial charge in [-0.2, -0.15) is 0 Å². The van der Waals surface area contributed by atoms with Crippen LogP contribution < -0.4 is 10.9 Å². The summed E-state index contributed by atoms with van der Waals surface area (Å²) in [5.74, 6) is 0.0159. The first-order valence-electron chi connectivity index (χ1n) is 10.8. The number of hydrogen-bond acceptors (Lipinski definition) is 4. The number of hydrogen-bond donors (Lipinski definition) is 2. The monoisotopic (exact) mass is 488 g/mol. The first-order chi connectivity index (χ1) is 16.6. The molecule has 0 aliphatic rings. The molecule has 2 aromatic heterocycles. The van der Waals surface area contributed by atoms with Gasteiger partial charge in [-0.1, -0.05) is 78.0 Å². The summed E-state index contributed by atoms with van der Waals surface area (Å²) in [4.78, 5) is 34.1. The predicted molar refractivity (Wildman–Crippen MR) is 138 cm³/mol. The third-order valence-electron chi connectivity index (χ3n) is 5.47. The van der Waals surface area contributed by atoms with E-state index in [0.717, 1.165) is 22.9 Å². The van der Waals surface area contributed by atoms with Crippen LogP contribution in [0.2, 0.25) is 5.02 Å². The SMILES string of the molecule is O=C(CSc1nc2c([nH]c3ccccc32)c(=O)n1-c1cccc(Cl)c1)NCCc1ccccc1. The Balaban J connectivity index is 1.45. The lowest BCUT2D eigenvalue weighted by Gasteiger charge is -2.12. The van der Waals surface area contributed by atoms with E-state index < -0.39 is 0 Å². The van der Waals surface area contributed by atoms with Crippen molar-refractivity contribution in [2.24, 2.45) is 0 Å². The van der Waals surface area contributed by atoms with E-state index in [1.807, 2.05) is 54.6 Å². The maximum atomic E-state index is 13.5. The van der Waals surface area contributed by atoms with E-state index in [4.69, 9.17) is 16.6 Å². The average molecular weight is 489 g/mol. The van der Waals surface area contributed by atoms with Crippen molar-refractivity contribution >= 4 is 51.2 Å². The fraction of sp³-hybridized carbons (Fsp3) is 0.115. The molecule has 0 saturated heterocycles. The summed E-state index contributed by atoms with van der Waals surface area (Å²) >= 11 is 7.43. The number of halogens is 1. The first kappa shape index (κ1) is 22.3. The van der Waals surface area contributed by atoms with Gasteiger partial charge in [0.05, 0.1) is 11.4 Å². The second-order valence-electron chi connectivity index (χ2n) is 7.78. The zero-order valence-corrected chi connectivity index (χ0v) is 19.7. The van der Waals surface area contributed by atoms with Crippen molar-refractivity contribution in [3.05, 3.63) is 99.8 Å². The number of rotatable bonds is 7. The molecule has 6 nitrogen and oxygen atoms in total. The maximum Gasteiger partial charge on any atom is 0.283 e. The molecule has 0 unspecified atom stereocenters. The molecular formula is C26H21ClN4O2S. The number of para-hydroxylation sites is 1. The van der Waals surface area contributed by atoms with Gasteiger partial charge in [-0.25, -0.2) is 4.98 Å². The molecule has 0 spiro atoms. The minimum atomic E-state index is -0.240. The number of nitrogens with one attached hydrogen (secondary N) is 2. The largest absolute Gasteiger partial charge is 0.355 e. The number of carbonyl (C=O) groups excluding carboxylic acids is 1. The van der Waals surface area contributed by atoms with Crippen LogP contribution in [0.3, 0.4) is 0 Å². The highest BCUT2D eigenvalue weighted by Crippen LogP contribution is 2.27. The number of carbonyl (C=O) groups is 1. The molecule has 2 N–H and O–H groups in total. The van der Waals surface area contributed by atoms with Crippen molar-refractivity contribution in [2.45, 2.75) is 11.6 Å². The van der Waals surface area contributed by atoms with Gasteiger partial charge in [0.15, 0.2) is 5.16 Å². The van der Waals surface area contributed by atoms with Gasteiger partial charge in [0.2, 0.25) is 5.91 Å². The van der Waals surface area contributed by atoms with E-state index in [2.05, 4.69) is 10.3 Å². The summed E-state index contributed by atoms with van der Waals surface area (Å²) in [5.41, 5.74) is 3.36. The van der Waals surface area contributed by atoms with Crippen LogP contribution in [0.4, 0.5) is 0 Å². The molecule has 34 heavy (non-hydrogen) atoms. The number of aromatic amines is 1. The molecule has 5 rings (SSSR count). The van der Waals surface area contributed by atoms with Gasteiger partial charge >= 0.3 is 0 Å². The smallest absolute Gasteiger partial charge is 0.283 e. The van der Waals surface area contributed by atoms with Crippen LogP contribution in [0, 0.1) is 0 Å². The quantitative estimate of drug-likeness (QED) is 0.250. The molecule has 0 saturated carbocycles. The zero-order valence-electron chi connectivity index (χ0n) is 18.1. The molecule has 0 radical (unpaired) electrons. The van der Waals surface area contributed by atoms with Crippen molar-refractivity contribution in [1.82, 2.24) is 19.9 Å². The Morgan fingerprint density at radius 3 is 2.65 bits per heavy atom. The molecule has 170 valence electrons. The fourth-order valence-corrected chi connectivity index (χ4v) is 4.87. The normalized spacial score (nSPS) is 11.2. The van der Waals surface area contributed by atoms with Gasteiger partial charge in [-0.3, -0.25) is 14.2 Å². The van der Waals surface area contributed by atoms with Gasteiger partial charge in [-0.15, -0.1) is 0 Å². The van der Waals surface area contributed by atoms with Crippen LogP contribution in [-0.4, -0.2) is 32.7 Å². The number of thioether (sulfide) groups is 1. The van der Waals surface area contributed by atoms with E-state index in [9.17, 15) is 9.59 Å². The van der Waals surface area contributed by atoms with Crippen LogP contribution in [0.15, 0.2) is 88.8 Å². The molecule has 0 fully saturated rings. The Morgan fingerprint density at radius 1 is 1.03 bits per heavy atom. The van der Waals surface area contributed by atoms with Crippen molar-refractivity contribution in [3.63, 3.8) is 0 Å². The number of benzene rings is 3. The van der Waals surface area contributed by atoms with Crippen molar-refractivity contribution < 1.29 is 4.79 Å². The van der Waals surface area contributed by atoms with Crippen molar-refractivity contribution in [3.8, 4) is 5.69 Å². The van der Waals surface area contributed by atoms with E-state index in [1.54, 1.807) is 24.3 Å². The van der Waals surface area contributed by atoms with E-state index in [-0.39, 0.29) is 17.2 Å². The van der Waals surface area contributed by atoms with Gasteiger partial charge in [0.1, 0.15) is 11.0 Å². The number of H-pyrrole nitrogens is 1. The second kappa shape index (κ2) is 9.75. The molecule has 0 atom stereocenters. The third kappa shape index (κ3) is 4.58. The van der Waals surface area contributed by atoms with Crippen LogP contribution in [-0.2, 0) is 11.2 Å². The van der Waals surface area contributed by atoms with E-state index >= 15 is 0 Å². The highest BCUT2D eigenvalue weighted by Gasteiger charge is 2.18. The lowest BCUT2D eigenvalue weighted by atomic mass is 10.1. The Hall–Kier alpha value is -3.55.